The van der Waals surface area contributed by atoms with Crippen molar-refractivity contribution < 1.29 is 23.7 Å². The average Bonchev–Trinajstić information content (AvgIpc) is 2.63. The van der Waals surface area contributed by atoms with Gasteiger partial charge in [0.1, 0.15) is 0 Å². The quantitative estimate of drug-likeness (QED) is 0.270. The Morgan fingerprint density at radius 2 is 0.640 bits per heavy atom. The molecule has 5 nitrogen and oxygen atoms in total. The average molecular weight is 363 g/mol. The number of rotatable bonds is 22. The predicted molar refractivity (Wildman–Crippen MR) is 102 cm³/mol. The van der Waals surface area contributed by atoms with Crippen molar-refractivity contribution in [3.63, 3.8) is 0 Å². The van der Waals surface area contributed by atoms with E-state index >= 15 is 0 Å². The van der Waals surface area contributed by atoms with Crippen LogP contribution in [0.25, 0.3) is 0 Å². The van der Waals surface area contributed by atoms with Crippen LogP contribution in [-0.2, 0) is 23.7 Å². The molecule has 0 N–H and O–H groups in total. The molecule has 0 aliphatic rings. The summed E-state index contributed by atoms with van der Waals surface area (Å²) in [7, 11) is 0. The predicted octanol–water partition coefficient (Wildman–Crippen LogP) is 4.23. The zero-order chi connectivity index (χ0) is 18.3. The molecule has 152 valence electrons. The molecule has 0 atom stereocenters. The Morgan fingerprint density at radius 1 is 0.320 bits per heavy atom. The third-order valence-electron chi connectivity index (χ3n) is 3.77. The van der Waals surface area contributed by atoms with Gasteiger partial charge in [-0.3, -0.25) is 0 Å². The summed E-state index contributed by atoms with van der Waals surface area (Å²) in [5, 5.41) is 0. The van der Waals surface area contributed by atoms with Gasteiger partial charge in [-0.25, -0.2) is 0 Å². The molecular formula is C20H42O5. The maximum Gasteiger partial charge on any atom is 0.0701 e. The molecule has 0 aromatic carbocycles. The first kappa shape index (κ1) is 24.8. The lowest BCUT2D eigenvalue weighted by Crippen LogP contribution is -2.13. The highest BCUT2D eigenvalue weighted by molar-refractivity contribution is 4.43. The molecular weight excluding hydrogens is 320 g/mol. The number of hydrogen-bond acceptors (Lipinski definition) is 5. The summed E-state index contributed by atoms with van der Waals surface area (Å²) in [4.78, 5) is 0. The first-order valence-electron chi connectivity index (χ1n) is 10.3. The fraction of sp³-hybridized carbons (Fsp3) is 1.00. The van der Waals surface area contributed by atoms with E-state index in [-0.39, 0.29) is 0 Å². The fourth-order valence-electron chi connectivity index (χ4n) is 2.21. The molecule has 0 aromatic heterocycles. The van der Waals surface area contributed by atoms with Crippen molar-refractivity contribution in [2.45, 2.75) is 65.2 Å². The summed E-state index contributed by atoms with van der Waals surface area (Å²) >= 11 is 0. The molecule has 0 amide bonds. The highest BCUT2D eigenvalue weighted by Crippen LogP contribution is 2.04. The van der Waals surface area contributed by atoms with Crippen LogP contribution < -0.4 is 0 Å². The largest absolute Gasteiger partial charge is 0.379 e. The number of ether oxygens (including phenoxy) is 5. The third-order valence-corrected chi connectivity index (χ3v) is 3.77. The van der Waals surface area contributed by atoms with Crippen molar-refractivity contribution in [1.29, 1.82) is 0 Å². The second-order valence-electron chi connectivity index (χ2n) is 6.18. The standard InChI is InChI=1S/C20H42O5/c1-3-5-7-8-9-10-12-22-14-16-24-18-20-25-19-17-23-15-13-21-11-6-4-2/h3-20H2,1-2H3. The van der Waals surface area contributed by atoms with E-state index in [1.807, 2.05) is 0 Å². The van der Waals surface area contributed by atoms with Crippen LogP contribution >= 0.6 is 0 Å². The van der Waals surface area contributed by atoms with Gasteiger partial charge in [-0.1, -0.05) is 52.4 Å². The molecule has 0 bridgehead atoms. The highest BCUT2D eigenvalue weighted by Gasteiger charge is 1.94. The summed E-state index contributed by atoms with van der Waals surface area (Å²) < 4.78 is 27.3. The zero-order valence-corrected chi connectivity index (χ0v) is 16.8. The van der Waals surface area contributed by atoms with E-state index < -0.39 is 0 Å². The lowest BCUT2D eigenvalue weighted by molar-refractivity contribution is -0.0113. The smallest absolute Gasteiger partial charge is 0.0701 e. The van der Waals surface area contributed by atoms with E-state index in [0.29, 0.717) is 52.9 Å². The van der Waals surface area contributed by atoms with E-state index in [4.69, 9.17) is 23.7 Å². The SMILES string of the molecule is CCCCCCCCOCCOCCOCCOCCOCCCC. The second kappa shape index (κ2) is 23.8. The first-order valence-corrected chi connectivity index (χ1v) is 10.3. The molecule has 0 saturated carbocycles. The Bertz CT molecular complexity index is 204. The van der Waals surface area contributed by atoms with Gasteiger partial charge >= 0.3 is 0 Å². The van der Waals surface area contributed by atoms with Crippen molar-refractivity contribution in [2.75, 3.05) is 66.1 Å². The van der Waals surface area contributed by atoms with Gasteiger partial charge in [0.25, 0.3) is 0 Å². The summed E-state index contributed by atoms with van der Waals surface area (Å²) in [5.41, 5.74) is 0. The van der Waals surface area contributed by atoms with Gasteiger partial charge in [0.05, 0.1) is 52.9 Å². The molecule has 25 heavy (non-hydrogen) atoms. The zero-order valence-electron chi connectivity index (χ0n) is 16.8. The van der Waals surface area contributed by atoms with Crippen LogP contribution in [0.5, 0.6) is 0 Å². The normalized spacial score (nSPS) is 11.3. The number of unbranched alkanes of at least 4 members (excludes halogenated alkanes) is 6. The Kier molecular flexibility index (Phi) is 23.6. The molecule has 5 heteroatoms. The van der Waals surface area contributed by atoms with E-state index in [0.717, 1.165) is 26.1 Å². The van der Waals surface area contributed by atoms with Crippen LogP contribution in [0.1, 0.15) is 65.2 Å². The summed E-state index contributed by atoms with van der Waals surface area (Å²) in [6.07, 6.45) is 10.1. The lowest BCUT2D eigenvalue weighted by Gasteiger charge is -2.08. The highest BCUT2D eigenvalue weighted by atomic mass is 16.6. The van der Waals surface area contributed by atoms with E-state index in [1.54, 1.807) is 0 Å². The van der Waals surface area contributed by atoms with Gasteiger partial charge < -0.3 is 23.7 Å². The maximum absolute atomic E-state index is 5.55. The van der Waals surface area contributed by atoms with Gasteiger partial charge in [0.15, 0.2) is 0 Å². The minimum Gasteiger partial charge on any atom is -0.379 e. The molecule has 0 radical (unpaired) electrons. The van der Waals surface area contributed by atoms with Crippen LogP contribution in [0.3, 0.4) is 0 Å². The molecule has 0 aromatic rings. The van der Waals surface area contributed by atoms with Crippen molar-refractivity contribution in [1.82, 2.24) is 0 Å². The minimum atomic E-state index is 0.604. The van der Waals surface area contributed by atoms with Crippen molar-refractivity contribution >= 4 is 0 Å². The van der Waals surface area contributed by atoms with Crippen LogP contribution in [0, 0.1) is 0 Å². The van der Waals surface area contributed by atoms with Crippen LogP contribution in [-0.4, -0.2) is 66.1 Å². The molecule has 0 fully saturated rings. The second-order valence-corrected chi connectivity index (χ2v) is 6.18. The monoisotopic (exact) mass is 362 g/mol. The maximum atomic E-state index is 5.55. The van der Waals surface area contributed by atoms with Crippen LogP contribution in [0.2, 0.25) is 0 Å². The molecule has 0 aliphatic carbocycles. The van der Waals surface area contributed by atoms with E-state index in [9.17, 15) is 0 Å². The topological polar surface area (TPSA) is 46.2 Å². The molecule has 0 heterocycles. The van der Waals surface area contributed by atoms with E-state index in [2.05, 4.69) is 13.8 Å². The summed E-state index contributed by atoms with van der Waals surface area (Å²) in [6, 6.07) is 0. The summed E-state index contributed by atoms with van der Waals surface area (Å²) in [5.74, 6) is 0. The molecule has 0 aliphatic heterocycles. The Balaban J connectivity index is 2.94. The molecule has 0 saturated heterocycles. The molecule has 0 rings (SSSR count). The minimum absolute atomic E-state index is 0.604. The van der Waals surface area contributed by atoms with Crippen LogP contribution in [0.15, 0.2) is 0 Å². The van der Waals surface area contributed by atoms with Crippen molar-refractivity contribution in [3.05, 3.63) is 0 Å². The van der Waals surface area contributed by atoms with Gasteiger partial charge in [0, 0.05) is 13.2 Å². The molecule has 0 spiro atoms. The first-order chi connectivity index (χ1) is 12.4. The Hall–Kier alpha value is -0.200. The van der Waals surface area contributed by atoms with Gasteiger partial charge in [0.2, 0.25) is 0 Å². The third kappa shape index (κ3) is 23.8. The Labute approximate surface area is 155 Å². The lowest BCUT2D eigenvalue weighted by atomic mass is 10.1. The Morgan fingerprint density at radius 3 is 1.08 bits per heavy atom. The van der Waals surface area contributed by atoms with Crippen LogP contribution in [0.4, 0.5) is 0 Å². The van der Waals surface area contributed by atoms with Gasteiger partial charge in [-0.2, -0.15) is 0 Å². The van der Waals surface area contributed by atoms with Crippen molar-refractivity contribution in [3.8, 4) is 0 Å². The van der Waals surface area contributed by atoms with Crippen molar-refractivity contribution in [2.24, 2.45) is 0 Å². The number of hydrogen-bond donors (Lipinski definition) is 0. The van der Waals surface area contributed by atoms with Gasteiger partial charge in [-0.15, -0.1) is 0 Å². The van der Waals surface area contributed by atoms with E-state index in [1.165, 1.54) is 38.5 Å². The summed E-state index contributed by atoms with van der Waals surface area (Å²) in [6.45, 7) is 11.1. The van der Waals surface area contributed by atoms with Gasteiger partial charge in [-0.05, 0) is 12.8 Å². The fourth-order valence-corrected chi connectivity index (χ4v) is 2.21. The molecule has 0 unspecified atom stereocenters.